The van der Waals surface area contributed by atoms with E-state index in [2.05, 4.69) is 5.32 Å². The number of carbonyl (C=O) groups is 1. The number of carbonyl (C=O) groups excluding carboxylic acids is 1. The summed E-state index contributed by atoms with van der Waals surface area (Å²) in [7, 11) is 1.82. The molecule has 0 aliphatic carbocycles. The molecular formula is C15H24N2O2. The highest BCUT2D eigenvalue weighted by Gasteiger charge is 2.17. The molecule has 0 saturated carbocycles. The Morgan fingerprint density at radius 2 is 1.95 bits per heavy atom. The first kappa shape index (κ1) is 15.7. The van der Waals surface area contributed by atoms with Gasteiger partial charge in [0.1, 0.15) is 0 Å². The third-order valence-corrected chi connectivity index (χ3v) is 2.86. The summed E-state index contributed by atoms with van der Waals surface area (Å²) >= 11 is 0. The molecule has 19 heavy (non-hydrogen) atoms. The molecule has 1 amide bonds. The molecular weight excluding hydrogens is 240 g/mol. The third-order valence-electron chi connectivity index (χ3n) is 2.86. The van der Waals surface area contributed by atoms with E-state index >= 15 is 0 Å². The Bertz CT molecular complexity index is 450. The maximum atomic E-state index is 11.9. The van der Waals surface area contributed by atoms with Gasteiger partial charge in [-0.3, -0.25) is 9.69 Å². The van der Waals surface area contributed by atoms with E-state index < -0.39 is 5.60 Å². The van der Waals surface area contributed by atoms with Gasteiger partial charge in [0.05, 0.1) is 12.1 Å². The van der Waals surface area contributed by atoms with Crippen LogP contribution >= 0.6 is 0 Å². The summed E-state index contributed by atoms with van der Waals surface area (Å²) in [6.07, 6.45) is 0. The molecule has 4 nitrogen and oxygen atoms in total. The third kappa shape index (κ3) is 5.85. The van der Waals surface area contributed by atoms with E-state index in [9.17, 15) is 9.90 Å². The number of amides is 1. The van der Waals surface area contributed by atoms with E-state index in [1.165, 1.54) is 5.56 Å². The molecule has 0 radical (unpaired) electrons. The fraction of sp³-hybridized carbons (Fsp3) is 0.533. The quantitative estimate of drug-likeness (QED) is 0.854. The van der Waals surface area contributed by atoms with Crippen LogP contribution < -0.4 is 5.32 Å². The molecule has 0 fully saturated rings. The predicted octanol–water partition coefficient (Wildman–Crippen LogP) is 1.94. The smallest absolute Gasteiger partial charge is 0.238 e. The monoisotopic (exact) mass is 264 g/mol. The Kier molecular flexibility index (Phi) is 5.09. The molecule has 1 rings (SSSR count). The number of rotatable bonds is 5. The van der Waals surface area contributed by atoms with Crippen LogP contribution in [0.25, 0.3) is 0 Å². The van der Waals surface area contributed by atoms with Crippen LogP contribution in [-0.2, 0) is 4.79 Å². The zero-order chi connectivity index (χ0) is 14.6. The van der Waals surface area contributed by atoms with Crippen molar-refractivity contribution in [2.75, 3.05) is 25.5 Å². The first-order valence-corrected chi connectivity index (χ1v) is 6.45. The Labute approximate surface area is 115 Å². The van der Waals surface area contributed by atoms with Crippen molar-refractivity contribution in [3.63, 3.8) is 0 Å². The number of hydrogen-bond donors (Lipinski definition) is 2. The lowest BCUT2D eigenvalue weighted by Gasteiger charge is -2.24. The van der Waals surface area contributed by atoms with Gasteiger partial charge in [-0.1, -0.05) is 6.07 Å². The molecule has 0 bridgehead atoms. The number of nitrogens with one attached hydrogen (secondary N) is 1. The molecule has 1 aromatic carbocycles. The summed E-state index contributed by atoms with van der Waals surface area (Å²) in [5, 5.41) is 12.5. The van der Waals surface area contributed by atoms with E-state index in [4.69, 9.17) is 0 Å². The number of aliphatic hydroxyl groups is 1. The maximum Gasteiger partial charge on any atom is 0.238 e. The lowest BCUT2D eigenvalue weighted by atomic mass is 10.1. The van der Waals surface area contributed by atoms with Crippen molar-refractivity contribution in [1.82, 2.24) is 4.90 Å². The number of benzene rings is 1. The van der Waals surface area contributed by atoms with Gasteiger partial charge < -0.3 is 10.4 Å². The first-order chi connectivity index (χ1) is 8.67. The van der Waals surface area contributed by atoms with Crippen LogP contribution in [-0.4, -0.2) is 41.7 Å². The lowest BCUT2D eigenvalue weighted by Crippen LogP contribution is -2.40. The van der Waals surface area contributed by atoms with Gasteiger partial charge in [-0.15, -0.1) is 0 Å². The summed E-state index contributed by atoms with van der Waals surface area (Å²) in [4.78, 5) is 13.7. The largest absolute Gasteiger partial charge is 0.389 e. The van der Waals surface area contributed by atoms with Gasteiger partial charge in [-0.25, -0.2) is 0 Å². The number of aryl methyl sites for hydroxylation is 2. The van der Waals surface area contributed by atoms with Gasteiger partial charge in [0.25, 0.3) is 0 Å². The average molecular weight is 264 g/mol. The first-order valence-electron chi connectivity index (χ1n) is 6.45. The van der Waals surface area contributed by atoms with E-state index in [1.54, 1.807) is 18.7 Å². The molecule has 0 heterocycles. The van der Waals surface area contributed by atoms with E-state index in [0.717, 1.165) is 11.3 Å². The minimum absolute atomic E-state index is 0.0741. The molecule has 0 atom stereocenters. The fourth-order valence-electron chi connectivity index (χ4n) is 1.98. The van der Waals surface area contributed by atoms with Gasteiger partial charge in [0.15, 0.2) is 0 Å². The normalized spacial score (nSPS) is 11.7. The Hall–Kier alpha value is -1.39. The van der Waals surface area contributed by atoms with Crippen LogP contribution in [0.5, 0.6) is 0 Å². The van der Waals surface area contributed by atoms with Crippen LogP contribution in [0.2, 0.25) is 0 Å². The van der Waals surface area contributed by atoms with Crippen molar-refractivity contribution in [2.45, 2.75) is 33.3 Å². The summed E-state index contributed by atoms with van der Waals surface area (Å²) < 4.78 is 0. The predicted molar refractivity (Wildman–Crippen MR) is 78.3 cm³/mol. The Balaban J connectivity index is 2.53. The summed E-state index contributed by atoms with van der Waals surface area (Å²) in [5.41, 5.74) is 2.37. The minimum Gasteiger partial charge on any atom is -0.389 e. The zero-order valence-electron chi connectivity index (χ0n) is 12.4. The number of hydrogen-bond acceptors (Lipinski definition) is 3. The summed E-state index contributed by atoms with van der Waals surface area (Å²) in [5.74, 6) is -0.0741. The highest BCUT2D eigenvalue weighted by atomic mass is 16.3. The second-order valence-electron chi connectivity index (χ2n) is 5.83. The molecule has 0 saturated heterocycles. The van der Waals surface area contributed by atoms with Crippen molar-refractivity contribution in [2.24, 2.45) is 0 Å². The van der Waals surface area contributed by atoms with E-state index in [0.29, 0.717) is 6.54 Å². The van der Waals surface area contributed by atoms with E-state index in [-0.39, 0.29) is 12.5 Å². The fourth-order valence-corrected chi connectivity index (χ4v) is 1.98. The standard InChI is InChI=1S/C15H24N2O2/c1-11-6-7-13(8-12(11)2)16-14(18)9-17(5)10-15(3,4)19/h6-8,19H,9-10H2,1-5H3,(H,16,18). The van der Waals surface area contributed by atoms with Crippen molar-refractivity contribution in [3.05, 3.63) is 29.3 Å². The number of nitrogens with zero attached hydrogens (tertiary/aromatic N) is 1. The average Bonchev–Trinajstić information content (AvgIpc) is 2.20. The number of likely N-dealkylation sites (N-methyl/N-ethyl adjacent to an activating group) is 1. The maximum absolute atomic E-state index is 11.9. The van der Waals surface area contributed by atoms with Gasteiger partial charge >= 0.3 is 0 Å². The van der Waals surface area contributed by atoms with Gasteiger partial charge in [-0.2, -0.15) is 0 Å². The number of anilines is 1. The lowest BCUT2D eigenvalue weighted by molar-refractivity contribution is -0.117. The minimum atomic E-state index is -0.796. The van der Waals surface area contributed by atoms with Crippen LogP contribution in [0, 0.1) is 13.8 Å². The molecule has 0 aromatic heterocycles. The second-order valence-corrected chi connectivity index (χ2v) is 5.83. The molecule has 0 unspecified atom stereocenters. The zero-order valence-corrected chi connectivity index (χ0v) is 12.4. The SMILES string of the molecule is Cc1ccc(NC(=O)CN(C)CC(C)(C)O)cc1C. The van der Waals surface area contributed by atoms with Crippen LogP contribution in [0.15, 0.2) is 18.2 Å². The summed E-state index contributed by atoms with van der Waals surface area (Å²) in [6.45, 7) is 8.23. The molecule has 0 spiro atoms. The highest BCUT2D eigenvalue weighted by Crippen LogP contribution is 2.14. The van der Waals surface area contributed by atoms with Crippen molar-refractivity contribution in [3.8, 4) is 0 Å². The van der Waals surface area contributed by atoms with Gasteiger partial charge in [-0.05, 0) is 58.0 Å². The van der Waals surface area contributed by atoms with Crippen molar-refractivity contribution < 1.29 is 9.90 Å². The van der Waals surface area contributed by atoms with Crippen molar-refractivity contribution >= 4 is 11.6 Å². The molecule has 2 N–H and O–H groups in total. The summed E-state index contributed by atoms with van der Waals surface area (Å²) in [6, 6.07) is 5.85. The Morgan fingerprint density at radius 1 is 1.32 bits per heavy atom. The van der Waals surface area contributed by atoms with Gasteiger partial charge in [0.2, 0.25) is 5.91 Å². The molecule has 0 aliphatic rings. The van der Waals surface area contributed by atoms with E-state index in [1.807, 2.05) is 39.1 Å². The molecule has 1 aromatic rings. The Morgan fingerprint density at radius 3 is 2.47 bits per heavy atom. The molecule has 0 aliphatic heterocycles. The van der Waals surface area contributed by atoms with Crippen LogP contribution in [0.1, 0.15) is 25.0 Å². The highest BCUT2D eigenvalue weighted by molar-refractivity contribution is 5.92. The second kappa shape index (κ2) is 6.17. The van der Waals surface area contributed by atoms with Crippen LogP contribution in [0.4, 0.5) is 5.69 Å². The van der Waals surface area contributed by atoms with Crippen LogP contribution in [0.3, 0.4) is 0 Å². The molecule has 4 heteroatoms. The van der Waals surface area contributed by atoms with Crippen molar-refractivity contribution in [1.29, 1.82) is 0 Å². The molecule has 106 valence electrons. The topological polar surface area (TPSA) is 52.6 Å². The van der Waals surface area contributed by atoms with Gasteiger partial charge in [0, 0.05) is 12.2 Å².